The molecule has 1 amide bonds. The molecule has 5 nitrogen and oxygen atoms in total. The first-order valence-corrected chi connectivity index (χ1v) is 10.9. The van der Waals surface area contributed by atoms with Gasteiger partial charge in [-0.2, -0.15) is 0 Å². The number of nitrogens with one attached hydrogen (secondary N) is 1. The molecule has 0 saturated heterocycles. The van der Waals surface area contributed by atoms with Crippen molar-refractivity contribution in [2.24, 2.45) is 0 Å². The van der Waals surface area contributed by atoms with Crippen molar-refractivity contribution in [2.75, 3.05) is 5.75 Å². The first-order valence-electron chi connectivity index (χ1n) is 9.53. The maximum absolute atomic E-state index is 12.5. The Morgan fingerprint density at radius 3 is 2.76 bits per heavy atom. The molecule has 1 atom stereocenters. The van der Waals surface area contributed by atoms with E-state index in [4.69, 9.17) is 16.0 Å². The second-order valence-electron chi connectivity index (χ2n) is 7.80. The van der Waals surface area contributed by atoms with E-state index in [0.717, 1.165) is 18.4 Å². The van der Waals surface area contributed by atoms with Crippen molar-refractivity contribution in [3.8, 4) is 11.5 Å². The lowest BCUT2D eigenvalue weighted by Gasteiger charge is -2.37. The lowest BCUT2D eigenvalue weighted by molar-refractivity contribution is -0.119. The molecule has 0 aliphatic heterocycles. The number of hydrogen-bond acceptors (Lipinski definition) is 5. The number of thioether (sulfide) groups is 1. The van der Waals surface area contributed by atoms with Gasteiger partial charge in [-0.1, -0.05) is 61.5 Å². The topological polar surface area (TPSA) is 68.0 Å². The third-order valence-corrected chi connectivity index (χ3v) is 6.35. The van der Waals surface area contributed by atoms with Crippen LogP contribution in [0.4, 0.5) is 0 Å². The minimum absolute atomic E-state index is 0.0410. The van der Waals surface area contributed by atoms with Crippen LogP contribution in [0.15, 0.2) is 58.2 Å². The van der Waals surface area contributed by atoms with E-state index in [2.05, 4.69) is 47.6 Å². The Morgan fingerprint density at radius 2 is 1.97 bits per heavy atom. The molecule has 3 aromatic rings. The molecule has 0 fully saturated rings. The monoisotopic (exact) mass is 427 g/mol. The summed E-state index contributed by atoms with van der Waals surface area (Å²) in [6.07, 6.45) is 1.97. The Bertz CT molecular complexity index is 1020. The predicted molar refractivity (Wildman–Crippen MR) is 115 cm³/mol. The fraction of sp³-hybridized carbons (Fsp3) is 0.318. The molecule has 1 aliphatic rings. The maximum Gasteiger partial charge on any atom is 0.277 e. The van der Waals surface area contributed by atoms with Gasteiger partial charge in [0.05, 0.1) is 11.8 Å². The van der Waals surface area contributed by atoms with Gasteiger partial charge in [-0.25, -0.2) is 0 Å². The molecule has 0 bridgehead atoms. The zero-order valence-corrected chi connectivity index (χ0v) is 17.9. The van der Waals surface area contributed by atoms with Gasteiger partial charge in [0.2, 0.25) is 11.8 Å². The molecular formula is C22H22ClN3O2S. The summed E-state index contributed by atoms with van der Waals surface area (Å²) in [6.45, 7) is 4.52. The number of carbonyl (C=O) groups excluding carboxylic acids is 1. The summed E-state index contributed by atoms with van der Waals surface area (Å²) in [5.41, 5.74) is 3.45. The molecule has 0 saturated carbocycles. The van der Waals surface area contributed by atoms with E-state index in [1.807, 2.05) is 18.2 Å². The van der Waals surface area contributed by atoms with E-state index in [1.165, 1.54) is 22.9 Å². The molecule has 1 N–H and O–H groups in total. The van der Waals surface area contributed by atoms with Crippen molar-refractivity contribution < 1.29 is 9.21 Å². The molecule has 0 radical (unpaired) electrons. The van der Waals surface area contributed by atoms with Crippen LogP contribution in [0, 0.1) is 0 Å². The third kappa shape index (κ3) is 4.49. The first-order chi connectivity index (χ1) is 13.9. The van der Waals surface area contributed by atoms with Crippen molar-refractivity contribution in [3.05, 3.63) is 64.7 Å². The van der Waals surface area contributed by atoms with Crippen LogP contribution in [-0.4, -0.2) is 21.9 Å². The quantitative estimate of drug-likeness (QED) is 0.551. The van der Waals surface area contributed by atoms with Crippen LogP contribution in [0.1, 0.15) is 43.9 Å². The number of carbonyl (C=O) groups is 1. The molecule has 150 valence electrons. The molecule has 29 heavy (non-hydrogen) atoms. The summed E-state index contributed by atoms with van der Waals surface area (Å²) in [6, 6.07) is 15.6. The lowest BCUT2D eigenvalue weighted by Crippen LogP contribution is -2.36. The minimum Gasteiger partial charge on any atom is -0.411 e. The molecule has 1 heterocycles. The molecular weight excluding hydrogens is 406 g/mol. The van der Waals surface area contributed by atoms with Crippen molar-refractivity contribution >= 4 is 29.3 Å². The van der Waals surface area contributed by atoms with Gasteiger partial charge in [0.25, 0.3) is 5.22 Å². The van der Waals surface area contributed by atoms with Crippen LogP contribution in [0.2, 0.25) is 5.02 Å². The fourth-order valence-corrected chi connectivity index (χ4v) is 4.40. The Hall–Kier alpha value is -2.31. The summed E-state index contributed by atoms with van der Waals surface area (Å²) in [4.78, 5) is 12.5. The van der Waals surface area contributed by atoms with Crippen LogP contribution in [-0.2, 0) is 10.2 Å². The number of nitrogens with zero attached hydrogens (tertiary/aromatic N) is 2. The largest absolute Gasteiger partial charge is 0.411 e. The van der Waals surface area contributed by atoms with Crippen LogP contribution in [0.3, 0.4) is 0 Å². The van der Waals surface area contributed by atoms with Crippen molar-refractivity contribution in [2.45, 2.75) is 43.4 Å². The number of rotatable bonds is 5. The van der Waals surface area contributed by atoms with Crippen LogP contribution < -0.4 is 5.32 Å². The van der Waals surface area contributed by atoms with E-state index in [9.17, 15) is 4.79 Å². The van der Waals surface area contributed by atoms with Crippen LogP contribution >= 0.6 is 23.4 Å². The number of hydrogen-bond donors (Lipinski definition) is 1. The van der Waals surface area contributed by atoms with Gasteiger partial charge >= 0.3 is 0 Å². The summed E-state index contributed by atoms with van der Waals surface area (Å²) in [5, 5.41) is 12.2. The molecule has 4 rings (SSSR count). The van der Waals surface area contributed by atoms with Crippen molar-refractivity contribution in [1.82, 2.24) is 15.5 Å². The minimum atomic E-state index is -0.0410. The zero-order valence-electron chi connectivity index (χ0n) is 16.3. The maximum atomic E-state index is 12.5. The SMILES string of the molecule is CC1(C)CCC(NC(=O)CSc2nnc(-c3ccc(Cl)cc3)o2)c2ccccc21. The Kier molecular flexibility index (Phi) is 5.65. The van der Waals surface area contributed by atoms with Gasteiger partial charge in [0.1, 0.15) is 0 Å². The first kappa shape index (κ1) is 20.0. The smallest absolute Gasteiger partial charge is 0.277 e. The average molecular weight is 428 g/mol. The summed E-state index contributed by atoms with van der Waals surface area (Å²) < 4.78 is 5.65. The molecule has 1 unspecified atom stereocenters. The number of halogens is 1. The second kappa shape index (κ2) is 8.20. The summed E-state index contributed by atoms with van der Waals surface area (Å²) in [5.74, 6) is 0.596. The number of amides is 1. The van der Waals surface area contributed by atoms with E-state index in [0.29, 0.717) is 16.1 Å². The van der Waals surface area contributed by atoms with Gasteiger partial charge in [-0.15, -0.1) is 10.2 Å². The van der Waals surface area contributed by atoms with E-state index < -0.39 is 0 Å². The summed E-state index contributed by atoms with van der Waals surface area (Å²) in [7, 11) is 0. The fourth-order valence-electron chi connectivity index (χ4n) is 3.70. The predicted octanol–water partition coefficient (Wildman–Crippen LogP) is 5.41. The van der Waals surface area contributed by atoms with Gasteiger partial charge in [0.15, 0.2) is 0 Å². The molecule has 2 aromatic carbocycles. The standard InChI is InChI=1S/C22H22ClN3O2S/c1-22(2)12-11-18(16-5-3-4-6-17(16)22)24-19(27)13-29-21-26-25-20(28-21)14-7-9-15(23)10-8-14/h3-10,18H,11-13H2,1-2H3,(H,24,27). The lowest BCUT2D eigenvalue weighted by atomic mass is 9.71. The zero-order chi connectivity index (χ0) is 20.4. The highest BCUT2D eigenvalue weighted by molar-refractivity contribution is 7.99. The van der Waals surface area contributed by atoms with E-state index in [-0.39, 0.29) is 23.1 Å². The highest BCUT2D eigenvalue weighted by atomic mass is 35.5. The van der Waals surface area contributed by atoms with Crippen molar-refractivity contribution in [3.63, 3.8) is 0 Å². The van der Waals surface area contributed by atoms with Crippen molar-refractivity contribution in [1.29, 1.82) is 0 Å². The number of benzene rings is 2. The van der Waals surface area contributed by atoms with Gasteiger partial charge in [-0.3, -0.25) is 4.79 Å². The van der Waals surface area contributed by atoms with Crippen LogP contribution in [0.25, 0.3) is 11.5 Å². The Labute approximate surface area is 179 Å². The number of aromatic nitrogens is 2. The highest BCUT2D eigenvalue weighted by Crippen LogP contribution is 2.41. The Morgan fingerprint density at radius 1 is 1.21 bits per heavy atom. The van der Waals surface area contributed by atoms with Gasteiger partial charge in [0, 0.05) is 10.6 Å². The normalized spacial score (nSPS) is 17.6. The molecule has 1 aliphatic carbocycles. The second-order valence-corrected chi connectivity index (χ2v) is 9.16. The van der Waals surface area contributed by atoms with Gasteiger partial charge in [-0.05, 0) is 53.6 Å². The van der Waals surface area contributed by atoms with E-state index >= 15 is 0 Å². The summed E-state index contributed by atoms with van der Waals surface area (Å²) >= 11 is 7.14. The van der Waals surface area contributed by atoms with E-state index in [1.54, 1.807) is 12.1 Å². The van der Waals surface area contributed by atoms with Gasteiger partial charge < -0.3 is 9.73 Å². The highest BCUT2D eigenvalue weighted by Gasteiger charge is 2.32. The molecule has 1 aromatic heterocycles. The Balaban J connectivity index is 1.37. The average Bonchev–Trinajstić information content (AvgIpc) is 3.18. The number of fused-ring (bicyclic) bond motifs is 1. The third-order valence-electron chi connectivity index (χ3n) is 5.28. The van der Waals surface area contributed by atoms with Crippen LogP contribution in [0.5, 0.6) is 0 Å². The molecule has 7 heteroatoms. The molecule has 0 spiro atoms.